The Balaban J connectivity index is 1.50. The third-order valence-electron chi connectivity index (χ3n) is 4.93. The molecule has 152 valence electrons. The second kappa shape index (κ2) is 9.20. The van der Waals surface area contributed by atoms with Gasteiger partial charge in [-0.05, 0) is 35.7 Å². The van der Waals surface area contributed by atoms with E-state index in [0.29, 0.717) is 11.5 Å². The van der Waals surface area contributed by atoms with Crippen LogP contribution >= 0.6 is 11.6 Å². The van der Waals surface area contributed by atoms with E-state index >= 15 is 0 Å². The number of nitrogens with zero attached hydrogens (tertiary/aromatic N) is 3. The maximum atomic E-state index is 6.42. The molecule has 1 aromatic heterocycles. The zero-order valence-electron chi connectivity index (χ0n) is 16.4. The minimum Gasteiger partial charge on any atom is -0.493 e. The van der Waals surface area contributed by atoms with Crippen LogP contribution < -0.4 is 14.2 Å². The van der Waals surface area contributed by atoms with Gasteiger partial charge in [-0.3, -0.25) is 4.90 Å². The highest BCUT2D eigenvalue weighted by atomic mass is 35.5. The monoisotopic (exact) mass is 413 g/mol. The van der Waals surface area contributed by atoms with E-state index in [2.05, 4.69) is 20.5 Å². The lowest BCUT2D eigenvalue weighted by molar-refractivity contribution is 0.171. The second-order valence-electron chi connectivity index (χ2n) is 6.99. The van der Waals surface area contributed by atoms with Crippen LogP contribution in [0.1, 0.15) is 17.5 Å². The minimum atomic E-state index is 0.226. The Labute approximate surface area is 175 Å². The number of hydrogen-bond donors (Lipinski definition) is 0. The zero-order valence-corrected chi connectivity index (χ0v) is 17.1. The highest BCUT2D eigenvalue weighted by Crippen LogP contribution is 2.42. The van der Waals surface area contributed by atoms with Gasteiger partial charge in [0.05, 0.1) is 13.4 Å². The summed E-state index contributed by atoms with van der Waals surface area (Å²) in [5.41, 5.74) is 2.23. The highest BCUT2D eigenvalue weighted by Gasteiger charge is 2.21. The van der Waals surface area contributed by atoms with Gasteiger partial charge in [-0.15, -0.1) is 0 Å². The first kappa shape index (κ1) is 19.6. The van der Waals surface area contributed by atoms with E-state index in [4.69, 9.17) is 25.8 Å². The Bertz CT molecular complexity index is 946. The highest BCUT2D eigenvalue weighted by molar-refractivity contribution is 6.31. The molecular weight excluding hydrogens is 390 g/mol. The summed E-state index contributed by atoms with van der Waals surface area (Å²) in [5.74, 6) is 2.11. The Kier molecular flexibility index (Phi) is 6.22. The molecule has 29 heavy (non-hydrogen) atoms. The van der Waals surface area contributed by atoms with E-state index in [1.165, 1.54) is 0 Å². The third kappa shape index (κ3) is 4.83. The van der Waals surface area contributed by atoms with Crippen LogP contribution in [-0.4, -0.2) is 34.9 Å². The molecule has 7 heteroatoms. The van der Waals surface area contributed by atoms with Gasteiger partial charge < -0.3 is 18.8 Å². The third-order valence-corrected chi connectivity index (χ3v) is 5.29. The number of benzene rings is 2. The number of ether oxygens (including phenoxy) is 3. The zero-order chi connectivity index (χ0) is 20.1. The molecule has 0 unspecified atom stereocenters. The topological polar surface area (TPSA) is 48.8 Å². The average Bonchev–Trinajstić information content (AvgIpc) is 3.41. The fraction of sp³-hybridized carbons (Fsp3) is 0.318. The molecule has 1 aliphatic rings. The number of methoxy groups -OCH3 is 1. The smallest absolute Gasteiger partial charge is 0.231 e. The first-order valence-electron chi connectivity index (χ1n) is 9.61. The molecular formula is C22H24ClN3O3. The first-order chi connectivity index (χ1) is 14.2. The first-order valence-corrected chi connectivity index (χ1v) is 9.99. The number of fused-ring (bicyclic) bond motifs is 1. The molecule has 0 amide bonds. The van der Waals surface area contributed by atoms with Gasteiger partial charge in [0.2, 0.25) is 12.5 Å². The molecule has 0 saturated heterocycles. The summed E-state index contributed by atoms with van der Waals surface area (Å²) in [5, 5.41) is 0.787. The summed E-state index contributed by atoms with van der Waals surface area (Å²) < 4.78 is 18.7. The van der Waals surface area contributed by atoms with Crippen molar-refractivity contribution in [3.05, 3.63) is 71.3 Å². The van der Waals surface area contributed by atoms with Gasteiger partial charge in [0.25, 0.3) is 0 Å². The van der Waals surface area contributed by atoms with Crippen molar-refractivity contribution in [1.29, 1.82) is 0 Å². The van der Waals surface area contributed by atoms with E-state index in [1.54, 1.807) is 13.3 Å². The van der Waals surface area contributed by atoms with Crippen LogP contribution in [0.4, 0.5) is 0 Å². The lowest BCUT2D eigenvalue weighted by Crippen LogP contribution is -2.25. The molecule has 2 aromatic carbocycles. The van der Waals surface area contributed by atoms with Crippen LogP contribution in [0.25, 0.3) is 0 Å². The molecule has 1 aliphatic heterocycles. The molecule has 0 bridgehead atoms. The van der Waals surface area contributed by atoms with Crippen molar-refractivity contribution >= 4 is 11.6 Å². The number of aryl methyl sites for hydroxylation is 1. The van der Waals surface area contributed by atoms with Gasteiger partial charge in [-0.2, -0.15) is 0 Å². The standard InChI is InChI=1S/C22H24ClN3O3/c1-27-20-11-17(12-21-22(20)29-16-28-21)13-26(9-4-8-25-10-7-24-15-25)14-18-5-2-3-6-19(18)23/h2-3,5-7,10-12,15H,4,8-9,13-14,16H2,1H3. The molecule has 0 saturated carbocycles. The number of aromatic nitrogens is 2. The van der Waals surface area contributed by atoms with Crippen LogP contribution in [0.5, 0.6) is 17.2 Å². The number of hydrogen-bond acceptors (Lipinski definition) is 5. The summed E-state index contributed by atoms with van der Waals surface area (Å²) in [6, 6.07) is 12.0. The molecule has 6 nitrogen and oxygen atoms in total. The number of halogens is 1. The second-order valence-corrected chi connectivity index (χ2v) is 7.40. The average molecular weight is 414 g/mol. The maximum Gasteiger partial charge on any atom is 0.231 e. The Hall–Kier alpha value is -2.70. The van der Waals surface area contributed by atoms with Crippen LogP contribution in [-0.2, 0) is 19.6 Å². The van der Waals surface area contributed by atoms with E-state index in [9.17, 15) is 0 Å². The normalized spacial score (nSPS) is 12.5. The Morgan fingerprint density at radius 2 is 2.10 bits per heavy atom. The quantitative estimate of drug-likeness (QED) is 0.521. The van der Waals surface area contributed by atoms with Crippen molar-refractivity contribution in [2.75, 3.05) is 20.4 Å². The van der Waals surface area contributed by atoms with Gasteiger partial charge >= 0.3 is 0 Å². The van der Waals surface area contributed by atoms with Crippen LogP contribution in [0.2, 0.25) is 5.02 Å². The van der Waals surface area contributed by atoms with Crippen LogP contribution in [0.15, 0.2) is 55.1 Å². The van der Waals surface area contributed by atoms with Crippen molar-refractivity contribution in [3.8, 4) is 17.2 Å². The van der Waals surface area contributed by atoms with Gasteiger partial charge in [-0.25, -0.2) is 4.98 Å². The van der Waals surface area contributed by atoms with E-state index in [0.717, 1.165) is 54.5 Å². The van der Waals surface area contributed by atoms with E-state index in [-0.39, 0.29) is 6.79 Å². The fourth-order valence-electron chi connectivity index (χ4n) is 3.51. The van der Waals surface area contributed by atoms with Crippen molar-refractivity contribution < 1.29 is 14.2 Å². The summed E-state index contributed by atoms with van der Waals surface area (Å²) in [6.07, 6.45) is 6.64. The van der Waals surface area contributed by atoms with Gasteiger partial charge in [0.1, 0.15) is 0 Å². The number of imidazole rings is 1. The van der Waals surface area contributed by atoms with Crippen LogP contribution in [0.3, 0.4) is 0 Å². The SMILES string of the molecule is COc1cc(CN(CCCn2ccnc2)Cc2ccccc2Cl)cc2c1OCO2. The minimum absolute atomic E-state index is 0.226. The van der Waals surface area contributed by atoms with E-state index in [1.807, 2.05) is 42.9 Å². The van der Waals surface area contributed by atoms with Gasteiger partial charge in [0.15, 0.2) is 11.5 Å². The summed E-state index contributed by atoms with van der Waals surface area (Å²) >= 11 is 6.42. The van der Waals surface area contributed by atoms with E-state index < -0.39 is 0 Å². The maximum absolute atomic E-state index is 6.42. The Morgan fingerprint density at radius 3 is 2.90 bits per heavy atom. The van der Waals surface area contributed by atoms with Crippen molar-refractivity contribution in [1.82, 2.24) is 14.5 Å². The fourth-order valence-corrected chi connectivity index (χ4v) is 3.71. The van der Waals surface area contributed by atoms with Gasteiger partial charge in [0, 0.05) is 43.6 Å². The molecule has 0 atom stereocenters. The lowest BCUT2D eigenvalue weighted by atomic mass is 10.1. The summed E-state index contributed by atoms with van der Waals surface area (Å²) in [4.78, 5) is 6.50. The number of rotatable bonds is 9. The molecule has 0 spiro atoms. The van der Waals surface area contributed by atoms with Crippen LogP contribution in [0, 0.1) is 0 Å². The van der Waals surface area contributed by atoms with Gasteiger partial charge in [-0.1, -0.05) is 29.8 Å². The summed E-state index contributed by atoms with van der Waals surface area (Å²) in [6.45, 7) is 3.58. The summed E-state index contributed by atoms with van der Waals surface area (Å²) in [7, 11) is 1.65. The van der Waals surface area contributed by atoms with Crippen molar-refractivity contribution in [2.24, 2.45) is 0 Å². The van der Waals surface area contributed by atoms with Crippen molar-refractivity contribution in [2.45, 2.75) is 26.1 Å². The van der Waals surface area contributed by atoms with Crippen molar-refractivity contribution in [3.63, 3.8) is 0 Å². The molecule has 4 rings (SSSR count). The molecule has 0 fully saturated rings. The predicted molar refractivity (Wildman–Crippen MR) is 112 cm³/mol. The molecule has 0 aliphatic carbocycles. The lowest BCUT2D eigenvalue weighted by Gasteiger charge is -2.23. The molecule has 0 N–H and O–H groups in total. The largest absolute Gasteiger partial charge is 0.493 e. The molecule has 3 aromatic rings. The Morgan fingerprint density at radius 1 is 1.21 bits per heavy atom. The predicted octanol–water partition coefficient (Wildman–Crippen LogP) is 4.37. The molecule has 0 radical (unpaired) electrons. The molecule has 2 heterocycles.